The third-order valence-corrected chi connectivity index (χ3v) is 3.46. The largest absolute Gasteiger partial charge is 0.423 e. The summed E-state index contributed by atoms with van der Waals surface area (Å²) in [6.07, 6.45) is 6.67. The maximum atomic E-state index is 12.1. The van der Waals surface area contributed by atoms with Gasteiger partial charge in [0.1, 0.15) is 0 Å². The van der Waals surface area contributed by atoms with Crippen molar-refractivity contribution in [2.45, 2.75) is 59.3 Å². The minimum absolute atomic E-state index is 0.160. The van der Waals surface area contributed by atoms with Gasteiger partial charge < -0.3 is 9.47 Å². The molecule has 0 fully saturated rings. The predicted molar refractivity (Wildman–Crippen MR) is 85.9 cm³/mol. The molecule has 0 bridgehead atoms. The summed E-state index contributed by atoms with van der Waals surface area (Å²) in [5.74, 6) is -0.311. The van der Waals surface area contributed by atoms with Gasteiger partial charge in [-0.3, -0.25) is 9.59 Å². The molecule has 4 nitrogen and oxygen atoms in total. The Hall–Kier alpha value is -1.84. The van der Waals surface area contributed by atoms with E-state index < -0.39 is 5.97 Å². The molecule has 0 radical (unpaired) electrons. The lowest BCUT2D eigenvalue weighted by molar-refractivity contribution is -0.139. The molecule has 1 aromatic carbocycles. The van der Waals surface area contributed by atoms with Crippen molar-refractivity contribution >= 4 is 11.9 Å². The van der Waals surface area contributed by atoms with Crippen molar-refractivity contribution in [3.8, 4) is 11.5 Å². The normalized spacial score (nSPS) is 11.8. The van der Waals surface area contributed by atoms with Crippen LogP contribution in [0.4, 0.5) is 0 Å². The Labute approximate surface area is 132 Å². The molecule has 1 aromatic rings. The van der Waals surface area contributed by atoms with Crippen molar-refractivity contribution in [1.82, 2.24) is 0 Å². The van der Waals surface area contributed by atoms with Crippen LogP contribution < -0.4 is 9.47 Å². The molecule has 0 amide bonds. The van der Waals surface area contributed by atoms with Gasteiger partial charge in [-0.25, -0.2) is 0 Å². The van der Waals surface area contributed by atoms with Crippen molar-refractivity contribution in [3.63, 3.8) is 0 Å². The summed E-state index contributed by atoms with van der Waals surface area (Å²) in [5, 5.41) is 0. The Kier molecular flexibility index (Phi) is 8.26. The minimum Gasteiger partial charge on any atom is -0.423 e. The lowest BCUT2D eigenvalue weighted by Gasteiger charge is -2.13. The summed E-state index contributed by atoms with van der Waals surface area (Å²) in [4.78, 5) is 23.2. The molecule has 22 heavy (non-hydrogen) atoms. The second-order valence-corrected chi connectivity index (χ2v) is 5.57. The maximum Gasteiger partial charge on any atom is 0.314 e. The van der Waals surface area contributed by atoms with Gasteiger partial charge in [-0.1, -0.05) is 58.1 Å². The van der Waals surface area contributed by atoms with Gasteiger partial charge >= 0.3 is 11.9 Å². The van der Waals surface area contributed by atoms with Gasteiger partial charge in [0.05, 0.1) is 5.92 Å². The van der Waals surface area contributed by atoms with Crippen LogP contribution >= 0.6 is 0 Å². The molecule has 1 rings (SSSR count). The second kappa shape index (κ2) is 9.98. The van der Waals surface area contributed by atoms with Gasteiger partial charge in [0.15, 0.2) is 11.5 Å². The van der Waals surface area contributed by atoms with Crippen molar-refractivity contribution < 1.29 is 19.1 Å². The number of rotatable bonds is 9. The lowest BCUT2D eigenvalue weighted by atomic mass is 10.0. The first kappa shape index (κ1) is 18.2. The van der Waals surface area contributed by atoms with Gasteiger partial charge in [0, 0.05) is 6.92 Å². The molecule has 0 spiro atoms. The number of hydrogen-bond acceptors (Lipinski definition) is 4. The van der Waals surface area contributed by atoms with Crippen LogP contribution in [-0.2, 0) is 9.59 Å². The van der Waals surface area contributed by atoms with Crippen LogP contribution in [-0.4, -0.2) is 11.9 Å². The molecule has 0 aliphatic rings. The highest BCUT2D eigenvalue weighted by Crippen LogP contribution is 2.27. The standard InChI is InChI=1S/C18H26O4/c1-4-5-6-7-8-11-14(2)18(20)22-17-13-10-9-12-16(17)21-15(3)19/h9-10,12-14H,4-8,11H2,1-3H3. The van der Waals surface area contributed by atoms with E-state index in [-0.39, 0.29) is 17.6 Å². The van der Waals surface area contributed by atoms with Gasteiger partial charge in [-0.05, 0) is 18.6 Å². The number of unbranched alkanes of at least 4 members (excludes halogenated alkanes) is 4. The molecule has 122 valence electrons. The van der Waals surface area contributed by atoms with Crippen LogP contribution in [0.25, 0.3) is 0 Å². The molecule has 0 aliphatic heterocycles. The molecule has 1 unspecified atom stereocenters. The average molecular weight is 306 g/mol. The zero-order valence-electron chi connectivity index (χ0n) is 13.8. The lowest BCUT2D eigenvalue weighted by Crippen LogP contribution is -2.18. The maximum absolute atomic E-state index is 12.1. The van der Waals surface area contributed by atoms with Crippen LogP contribution in [0.15, 0.2) is 24.3 Å². The first-order valence-corrected chi connectivity index (χ1v) is 8.03. The van der Waals surface area contributed by atoms with Gasteiger partial charge in [-0.15, -0.1) is 0 Å². The molecule has 0 aromatic heterocycles. The van der Waals surface area contributed by atoms with Gasteiger partial charge in [0.2, 0.25) is 0 Å². The van der Waals surface area contributed by atoms with E-state index in [1.807, 2.05) is 6.92 Å². The zero-order chi connectivity index (χ0) is 16.4. The summed E-state index contributed by atoms with van der Waals surface area (Å²) in [7, 11) is 0. The third-order valence-electron chi connectivity index (χ3n) is 3.46. The van der Waals surface area contributed by atoms with E-state index in [1.165, 1.54) is 26.2 Å². The van der Waals surface area contributed by atoms with E-state index in [0.717, 1.165) is 19.3 Å². The summed E-state index contributed by atoms with van der Waals surface area (Å²) >= 11 is 0. The highest BCUT2D eigenvalue weighted by molar-refractivity contribution is 5.76. The minimum atomic E-state index is -0.438. The summed E-state index contributed by atoms with van der Waals surface area (Å²) in [6, 6.07) is 6.71. The number of carbonyl (C=O) groups excluding carboxylic acids is 2. The van der Waals surface area contributed by atoms with Gasteiger partial charge in [0.25, 0.3) is 0 Å². The van der Waals surface area contributed by atoms with Gasteiger partial charge in [-0.2, -0.15) is 0 Å². The molecule has 1 atom stereocenters. The van der Waals surface area contributed by atoms with Crippen LogP contribution in [0.2, 0.25) is 0 Å². The van der Waals surface area contributed by atoms with E-state index >= 15 is 0 Å². The van der Waals surface area contributed by atoms with Crippen LogP contribution in [0, 0.1) is 5.92 Å². The molecule has 0 aliphatic carbocycles. The first-order chi connectivity index (χ1) is 10.5. The van der Waals surface area contributed by atoms with E-state index in [0.29, 0.717) is 5.75 Å². The topological polar surface area (TPSA) is 52.6 Å². The quantitative estimate of drug-likeness (QED) is 0.382. The Bertz CT molecular complexity index is 482. The van der Waals surface area contributed by atoms with Crippen molar-refractivity contribution in [2.75, 3.05) is 0 Å². The number of ether oxygens (including phenoxy) is 2. The van der Waals surface area contributed by atoms with E-state index in [4.69, 9.17) is 9.47 Å². The Balaban J connectivity index is 2.48. The number of benzene rings is 1. The SMILES string of the molecule is CCCCCCCC(C)C(=O)Oc1ccccc1OC(C)=O. The van der Waals surface area contributed by atoms with Crippen molar-refractivity contribution in [2.24, 2.45) is 5.92 Å². The third kappa shape index (κ3) is 6.74. The van der Waals surface area contributed by atoms with E-state index in [1.54, 1.807) is 24.3 Å². The predicted octanol–water partition coefficient (Wildman–Crippen LogP) is 4.51. The van der Waals surface area contributed by atoms with E-state index in [2.05, 4.69) is 6.92 Å². The fraction of sp³-hybridized carbons (Fsp3) is 0.556. The number of para-hydroxylation sites is 2. The average Bonchev–Trinajstić information content (AvgIpc) is 2.48. The first-order valence-electron chi connectivity index (χ1n) is 8.03. The van der Waals surface area contributed by atoms with E-state index in [9.17, 15) is 9.59 Å². The molecule has 0 N–H and O–H groups in total. The Morgan fingerprint density at radius 2 is 1.59 bits per heavy atom. The fourth-order valence-corrected chi connectivity index (χ4v) is 2.15. The summed E-state index contributed by atoms with van der Waals surface area (Å²) in [6.45, 7) is 5.37. The fourth-order valence-electron chi connectivity index (χ4n) is 2.15. The highest BCUT2D eigenvalue weighted by atomic mass is 16.6. The number of esters is 2. The van der Waals surface area contributed by atoms with Crippen molar-refractivity contribution in [1.29, 1.82) is 0 Å². The van der Waals surface area contributed by atoms with Crippen LogP contribution in [0.3, 0.4) is 0 Å². The molecule has 4 heteroatoms. The molecule has 0 saturated heterocycles. The Morgan fingerprint density at radius 1 is 1.00 bits per heavy atom. The Morgan fingerprint density at radius 3 is 2.18 bits per heavy atom. The smallest absolute Gasteiger partial charge is 0.314 e. The molecule has 0 heterocycles. The molecular weight excluding hydrogens is 280 g/mol. The van der Waals surface area contributed by atoms with Crippen LogP contribution in [0.1, 0.15) is 59.3 Å². The second-order valence-electron chi connectivity index (χ2n) is 5.57. The molecular formula is C18H26O4. The summed E-state index contributed by atoms with van der Waals surface area (Å²) in [5.41, 5.74) is 0. The van der Waals surface area contributed by atoms with Crippen LogP contribution in [0.5, 0.6) is 11.5 Å². The zero-order valence-corrected chi connectivity index (χ0v) is 13.8. The van der Waals surface area contributed by atoms with Crippen molar-refractivity contribution in [3.05, 3.63) is 24.3 Å². The summed E-state index contributed by atoms with van der Waals surface area (Å²) < 4.78 is 10.4. The monoisotopic (exact) mass is 306 g/mol. The number of hydrogen-bond donors (Lipinski definition) is 0. The number of carbonyl (C=O) groups is 2. The highest BCUT2D eigenvalue weighted by Gasteiger charge is 2.17. The molecule has 0 saturated carbocycles.